The van der Waals surface area contributed by atoms with Gasteiger partial charge < -0.3 is 15.2 Å². The van der Waals surface area contributed by atoms with Gasteiger partial charge in [-0.25, -0.2) is 4.99 Å². The lowest BCUT2D eigenvalue weighted by Gasteiger charge is -2.32. The van der Waals surface area contributed by atoms with Crippen LogP contribution in [0.2, 0.25) is 0 Å². The number of alkyl halides is 3. The van der Waals surface area contributed by atoms with Crippen molar-refractivity contribution in [1.29, 1.82) is 0 Å². The fraction of sp³-hybridized carbons (Fsp3) is 0.571. The molecule has 3 unspecified atom stereocenters. The highest BCUT2D eigenvalue weighted by atomic mass is 19.4. The largest absolute Gasteiger partial charge is 0.391 e. The minimum Gasteiger partial charge on any atom is -0.354 e. The van der Waals surface area contributed by atoms with Gasteiger partial charge in [-0.3, -0.25) is 0 Å². The molecule has 3 atom stereocenters. The van der Waals surface area contributed by atoms with E-state index in [4.69, 9.17) is 0 Å². The first-order chi connectivity index (χ1) is 14.2. The van der Waals surface area contributed by atoms with Gasteiger partial charge in [0.15, 0.2) is 11.8 Å². The number of aliphatic imine (C=N–C) groups is 1. The number of hydrogen-bond acceptors (Lipinski definition) is 3. The van der Waals surface area contributed by atoms with Gasteiger partial charge in [-0.2, -0.15) is 13.2 Å². The van der Waals surface area contributed by atoms with Crippen LogP contribution in [0.5, 0.6) is 0 Å². The number of aromatic nitrogens is 3. The topological polar surface area (TPSA) is 67.1 Å². The molecule has 0 radical (unpaired) electrons. The molecule has 0 spiro atoms. The summed E-state index contributed by atoms with van der Waals surface area (Å²) >= 11 is 0. The second kappa shape index (κ2) is 9.49. The third-order valence-corrected chi connectivity index (χ3v) is 5.69. The highest BCUT2D eigenvalue weighted by Crippen LogP contribution is 2.37. The van der Waals surface area contributed by atoms with E-state index in [1.54, 1.807) is 0 Å². The average molecular weight is 422 g/mol. The van der Waals surface area contributed by atoms with Gasteiger partial charge in [-0.1, -0.05) is 36.8 Å². The molecular formula is C21H29F3N6. The summed E-state index contributed by atoms with van der Waals surface area (Å²) in [6.45, 7) is 4.14. The van der Waals surface area contributed by atoms with Gasteiger partial charge >= 0.3 is 6.18 Å². The smallest absolute Gasteiger partial charge is 0.354 e. The molecule has 1 aromatic carbocycles. The molecule has 0 aliphatic heterocycles. The van der Waals surface area contributed by atoms with E-state index < -0.39 is 12.1 Å². The standard InChI is InChI=1S/C21H29F3N6/c1-14(16-8-5-4-6-9-16)26-20(25-13-19-29-28-15(2)30(19)3)27-18-11-7-10-17(12-18)21(22,23)24/h4-6,8-9,14,17-18H,7,10-13H2,1-3H3,(H2,25,26,27). The second-order valence-electron chi connectivity index (χ2n) is 7.91. The summed E-state index contributed by atoms with van der Waals surface area (Å²) in [6.07, 6.45) is -2.66. The van der Waals surface area contributed by atoms with Crippen LogP contribution in [-0.4, -0.2) is 32.9 Å². The monoisotopic (exact) mass is 422 g/mol. The molecule has 30 heavy (non-hydrogen) atoms. The van der Waals surface area contributed by atoms with Crippen molar-refractivity contribution in [3.05, 3.63) is 47.5 Å². The van der Waals surface area contributed by atoms with Gasteiger partial charge in [0.25, 0.3) is 0 Å². The number of guanidine groups is 1. The van der Waals surface area contributed by atoms with Crippen LogP contribution in [0, 0.1) is 12.8 Å². The van der Waals surface area contributed by atoms with Crippen molar-refractivity contribution in [3.8, 4) is 0 Å². The Morgan fingerprint density at radius 2 is 1.97 bits per heavy atom. The second-order valence-corrected chi connectivity index (χ2v) is 7.91. The van der Waals surface area contributed by atoms with Gasteiger partial charge in [0.05, 0.1) is 12.0 Å². The van der Waals surface area contributed by atoms with Crippen LogP contribution in [0.4, 0.5) is 13.2 Å². The maximum absolute atomic E-state index is 13.2. The Bertz CT molecular complexity index is 846. The molecule has 1 aliphatic carbocycles. The van der Waals surface area contributed by atoms with Crippen molar-refractivity contribution in [1.82, 2.24) is 25.4 Å². The zero-order valence-corrected chi connectivity index (χ0v) is 17.6. The van der Waals surface area contributed by atoms with E-state index in [9.17, 15) is 13.2 Å². The molecule has 164 valence electrons. The lowest BCUT2D eigenvalue weighted by atomic mass is 9.85. The highest BCUT2D eigenvalue weighted by Gasteiger charge is 2.42. The predicted octanol–water partition coefficient (Wildman–Crippen LogP) is 4.04. The molecule has 9 heteroatoms. The fourth-order valence-electron chi connectivity index (χ4n) is 3.71. The van der Waals surface area contributed by atoms with Gasteiger partial charge in [0, 0.05) is 13.1 Å². The molecule has 0 saturated heterocycles. The van der Waals surface area contributed by atoms with E-state index in [0.717, 1.165) is 11.4 Å². The molecule has 0 amide bonds. The Morgan fingerprint density at radius 3 is 2.60 bits per heavy atom. The van der Waals surface area contributed by atoms with Crippen LogP contribution in [-0.2, 0) is 13.6 Å². The molecule has 2 aromatic rings. The summed E-state index contributed by atoms with van der Waals surface area (Å²) in [7, 11) is 1.86. The molecule has 1 saturated carbocycles. The summed E-state index contributed by atoms with van der Waals surface area (Å²) in [5.74, 6) is 0.691. The molecule has 6 nitrogen and oxygen atoms in total. The van der Waals surface area contributed by atoms with E-state index in [-0.39, 0.29) is 31.5 Å². The van der Waals surface area contributed by atoms with Crippen molar-refractivity contribution in [2.24, 2.45) is 18.0 Å². The lowest BCUT2D eigenvalue weighted by molar-refractivity contribution is -0.183. The molecule has 3 rings (SSSR count). The maximum Gasteiger partial charge on any atom is 0.391 e. The van der Waals surface area contributed by atoms with Crippen molar-refractivity contribution in [2.75, 3.05) is 0 Å². The first-order valence-corrected chi connectivity index (χ1v) is 10.3. The number of nitrogens with one attached hydrogen (secondary N) is 2. The number of aryl methyl sites for hydroxylation is 1. The van der Waals surface area contributed by atoms with Crippen molar-refractivity contribution >= 4 is 5.96 Å². The van der Waals surface area contributed by atoms with Crippen molar-refractivity contribution in [3.63, 3.8) is 0 Å². The Labute approximate surface area is 175 Å². The number of nitrogens with zero attached hydrogens (tertiary/aromatic N) is 4. The summed E-state index contributed by atoms with van der Waals surface area (Å²) in [5.41, 5.74) is 1.07. The normalized spacial score (nSPS) is 21.3. The molecule has 1 heterocycles. The quantitative estimate of drug-likeness (QED) is 0.564. The number of hydrogen-bond donors (Lipinski definition) is 2. The van der Waals surface area contributed by atoms with E-state index in [0.29, 0.717) is 24.6 Å². The zero-order valence-electron chi connectivity index (χ0n) is 17.6. The lowest BCUT2D eigenvalue weighted by Crippen LogP contribution is -2.47. The molecule has 1 aliphatic rings. The van der Waals surface area contributed by atoms with Crippen LogP contribution >= 0.6 is 0 Å². The summed E-state index contributed by atoms with van der Waals surface area (Å²) < 4.78 is 41.5. The number of benzene rings is 1. The van der Waals surface area contributed by atoms with Gasteiger partial charge in [-0.15, -0.1) is 10.2 Å². The maximum atomic E-state index is 13.2. The van der Waals surface area contributed by atoms with Crippen LogP contribution in [0.3, 0.4) is 0 Å². The first-order valence-electron chi connectivity index (χ1n) is 10.3. The molecule has 1 fully saturated rings. The van der Waals surface area contributed by atoms with E-state index in [1.807, 2.05) is 55.8 Å². The summed E-state index contributed by atoms with van der Waals surface area (Å²) in [6, 6.07) is 9.52. The Hall–Kier alpha value is -2.58. The third-order valence-electron chi connectivity index (χ3n) is 5.69. The van der Waals surface area contributed by atoms with Crippen molar-refractivity contribution < 1.29 is 13.2 Å². The van der Waals surface area contributed by atoms with Gasteiger partial charge in [0.2, 0.25) is 0 Å². The Kier molecular flexibility index (Phi) is 6.99. The van der Waals surface area contributed by atoms with Crippen LogP contribution in [0.15, 0.2) is 35.3 Å². The summed E-state index contributed by atoms with van der Waals surface area (Å²) in [5, 5.41) is 14.7. The first kappa shape index (κ1) is 22.1. The SMILES string of the molecule is Cc1nnc(CN=C(NC2CCCC(C(F)(F)F)C2)NC(C)c2ccccc2)n1C. The van der Waals surface area contributed by atoms with Crippen LogP contribution in [0.1, 0.15) is 55.9 Å². The van der Waals surface area contributed by atoms with Gasteiger partial charge in [0.1, 0.15) is 12.4 Å². The predicted molar refractivity (Wildman–Crippen MR) is 110 cm³/mol. The molecule has 0 bridgehead atoms. The highest BCUT2D eigenvalue weighted by molar-refractivity contribution is 5.80. The van der Waals surface area contributed by atoms with Crippen LogP contribution < -0.4 is 10.6 Å². The Morgan fingerprint density at radius 1 is 1.23 bits per heavy atom. The minimum absolute atomic E-state index is 0.0549. The molecule has 2 N–H and O–H groups in total. The molecule has 1 aromatic heterocycles. The third kappa shape index (κ3) is 5.73. The summed E-state index contributed by atoms with van der Waals surface area (Å²) in [4.78, 5) is 4.60. The van der Waals surface area contributed by atoms with Crippen LogP contribution in [0.25, 0.3) is 0 Å². The van der Waals surface area contributed by atoms with Gasteiger partial charge in [-0.05, 0) is 38.7 Å². The minimum atomic E-state index is -4.15. The Balaban J connectivity index is 1.74. The van der Waals surface area contributed by atoms with E-state index in [1.165, 1.54) is 0 Å². The fourth-order valence-corrected chi connectivity index (χ4v) is 3.71. The zero-order chi connectivity index (χ0) is 21.7. The number of halogens is 3. The van der Waals surface area contributed by atoms with E-state index in [2.05, 4.69) is 25.8 Å². The van der Waals surface area contributed by atoms with Crippen molar-refractivity contribution in [2.45, 2.75) is 64.3 Å². The molecular weight excluding hydrogens is 393 g/mol. The number of rotatable bonds is 5. The van der Waals surface area contributed by atoms with E-state index >= 15 is 0 Å². The average Bonchev–Trinajstić information content (AvgIpc) is 3.04.